The maximum absolute atomic E-state index is 8.69. The second kappa shape index (κ2) is 2.86. The molecule has 2 nitrogen and oxygen atoms in total. The highest BCUT2D eigenvalue weighted by atomic mass is 16.5. The van der Waals surface area contributed by atoms with E-state index in [1.807, 2.05) is 24.3 Å². The molecule has 0 spiro atoms. The maximum Gasteiger partial charge on any atom is 0.122 e. The van der Waals surface area contributed by atoms with Gasteiger partial charge in [0.2, 0.25) is 0 Å². The fraction of sp³-hybridized carbons (Fsp3) is 0.300. The molecule has 0 fully saturated rings. The largest absolute Gasteiger partial charge is 0.492 e. The Morgan fingerprint density at radius 2 is 2.25 bits per heavy atom. The summed E-state index contributed by atoms with van der Waals surface area (Å²) in [5.41, 5.74) is 1.15. The molecular formula is C10H9NO. The van der Waals surface area contributed by atoms with E-state index in [4.69, 9.17) is 10.00 Å². The molecular weight excluding hydrogens is 150 g/mol. The summed E-state index contributed by atoms with van der Waals surface area (Å²) in [4.78, 5) is 0. The van der Waals surface area contributed by atoms with Crippen molar-refractivity contribution in [2.75, 3.05) is 6.61 Å². The highest BCUT2D eigenvalue weighted by molar-refractivity contribution is 5.35. The average molecular weight is 159 g/mol. The van der Waals surface area contributed by atoms with Gasteiger partial charge in [-0.05, 0) is 18.1 Å². The van der Waals surface area contributed by atoms with Gasteiger partial charge in [-0.25, -0.2) is 0 Å². The molecule has 0 unspecified atom stereocenters. The van der Waals surface area contributed by atoms with Crippen molar-refractivity contribution in [1.82, 2.24) is 0 Å². The predicted octanol–water partition coefficient (Wildman–Crippen LogP) is 1.76. The first-order chi connectivity index (χ1) is 5.90. The highest BCUT2D eigenvalue weighted by Crippen LogP contribution is 2.26. The van der Waals surface area contributed by atoms with Crippen LogP contribution < -0.4 is 4.74 Å². The second-order valence-corrected chi connectivity index (χ2v) is 2.95. The van der Waals surface area contributed by atoms with Crippen molar-refractivity contribution < 1.29 is 4.74 Å². The highest BCUT2D eigenvalue weighted by Gasteiger charge is 2.18. The van der Waals surface area contributed by atoms with Gasteiger partial charge < -0.3 is 4.74 Å². The van der Waals surface area contributed by atoms with Crippen LogP contribution in [0.5, 0.6) is 5.75 Å². The number of fused-ring (bicyclic) bond motifs is 1. The van der Waals surface area contributed by atoms with Crippen molar-refractivity contribution in [3.63, 3.8) is 0 Å². The molecule has 0 amide bonds. The number of para-hydroxylation sites is 1. The van der Waals surface area contributed by atoms with E-state index in [-0.39, 0.29) is 5.92 Å². The van der Waals surface area contributed by atoms with E-state index in [2.05, 4.69) is 6.07 Å². The fourth-order valence-corrected chi connectivity index (χ4v) is 1.41. The summed E-state index contributed by atoms with van der Waals surface area (Å²) in [7, 11) is 0. The van der Waals surface area contributed by atoms with Gasteiger partial charge in [0.1, 0.15) is 12.4 Å². The Morgan fingerprint density at radius 3 is 3.08 bits per heavy atom. The smallest absolute Gasteiger partial charge is 0.122 e. The van der Waals surface area contributed by atoms with Crippen LogP contribution in [-0.2, 0) is 6.42 Å². The molecule has 0 saturated heterocycles. The molecule has 1 heterocycles. The molecule has 1 aromatic rings. The molecule has 1 atom stereocenters. The average Bonchev–Trinajstić information content (AvgIpc) is 2.17. The summed E-state index contributed by atoms with van der Waals surface area (Å²) in [6, 6.07) is 10.1. The van der Waals surface area contributed by atoms with Crippen LogP contribution in [0.2, 0.25) is 0 Å². The third-order valence-corrected chi connectivity index (χ3v) is 2.06. The molecule has 0 bridgehead atoms. The van der Waals surface area contributed by atoms with Gasteiger partial charge in [-0.3, -0.25) is 0 Å². The van der Waals surface area contributed by atoms with Crippen molar-refractivity contribution in [2.24, 2.45) is 5.92 Å². The van der Waals surface area contributed by atoms with E-state index in [0.717, 1.165) is 17.7 Å². The maximum atomic E-state index is 8.69. The quantitative estimate of drug-likeness (QED) is 0.577. The molecule has 0 radical (unpaired) electrons. The van der Waals surface area contributed by atoms with Gasteiger partial charge in [0.05, 0.1) is 12.0 Å². The molecule has 1 aliphatic rings. The number of nitrogens with zero attached hydrogens (tertiary/aromatic N) is 1. The van der Waals surface area contributed by atoms with Crippen molar-refractivity contribution >= 4 is 0 Å². The van der Waals surface area contributed by atoms with Crippen LogP contribution in [0.25, 0.3) is 0 Å². The summed E-state index contributed by atoms with van der Waals surface area (Å²) < 4.78 is 5.40. The van der Waals surface area contributed by atoms with E-state index >= 15 is 0 Å². The zero-order valence-electron chi connectivity index (χ0n) is 6.66. The first-order valence-corrected chi connectivity index (χ1v) is 4.00. The lowest BCUT2D eigenvalue weighted by atomic mass is 9.98. The van der Waals surface area contributed by atoms with Gasteiger partial charge >= 0.3 is 0 Å². The number of hydrogen-bond donors (Lipinski definition) is 0. The second-order valence-electron chi connectivity index (χ2n) is 2.95. The third kappa shape index (κ3) is 1.14. The lowest BCUT2D eigenvalue weighted by molar-refractivity contribution is 0.253. The summed E-state index contributed by atoms with van der Waals surface area (Å²) in [5.74, 6) is 0.962. The Balaban J connectivity index is 2.30. The first-order valence-electron chi connectivity index (χ1n) is 4.00. The van der Waals surface area contributed by atoms with Gasteiger partial charge in [0.25, 0.3) is 0 Å². The Morgan fingerprint density at radius 1 is 1.42 bits per heavy atom. The van der Waals surface area contributed by atoms with Crippen LogP contribution in [0.15, 0.2) is 24.3 Å². The standard InChI is InChI=1S/C10H9NO/c11-6-8-5-9-3-1-2-4-10(9)12-7-8/h1-4,8H,5,7H2/t8-/m0/s1. The Hall–Kier alpha value is -1.49. The molecule has 60 valence electrons. The van der Waals surface area contributed by atoms with Gasteiger partial charge in [0, 0.05) is 0 Å². The molecule has 1 aromatic carbocycles. The fourth-order valence-electron chi connectivity index (χ4n) is 1.41. The molecule has 1 aliphatic heterocycles. The normalized spacial score (nSPS) is 20.4. The topological polar surface area (TPSA) is 33.0 Å². The summed E-state index contributed by atoms with van der Waals surface area (Å²) in [6.07, 6.45) is 0.826. The minimum Gasteiger partial charge on any atom is -0.492 e. The van der Waals surface area contributed by atoms with Crippen LogP contribution in [0.1, 0.15) is 5.56 Å². The molecule has 0 N–H and O–H groups in total. The molecule has 12 heavy (non-hydrogen) atoms. The number of hydrogen-bond acceptors (Lipinski definition) is 2. The minimum atomic E-state index is 0.0277. The number of nitriles is 1. The van der Waals surface area contributed by atoms with Gasteiger partial charge in [-0.2, -0.15) is 5.26 Å². The Kier molecular flexibility index (Phi) is 1.71. The summed E-state index contributed by atoms with van der Waals surface area (Å²) in [5, 5.41) is 8.69. The summed E-state index contributed by atoms with van der Waals surface area (Å²) >= 11 is 0. The molecule has 0 saturated carbocycles. The lowest BCUT2D eigenvalue weighted by Gasteiger charge is -2.20. The Bertz CT molecular complexity index is 327. The molecule has 0 aromatic heterocycles. The van der Waals surface area contributed by atoms with Gasteiger partial charge in [0.15, 0.2) is 0 Å². The van der Waals surface area contributed by atoms with E-state index in [1.165, 1.54) is 0 Å². The molecule has 2 rings (SSSR count). The summed E-state index contributed by atoms with van der Waals surface area (Å²) in [6.45, 7) is 0.535. The zero-order chi connectivity index (χ0) is 8.39. The van der Waals surface area contributed by atoms with Crippen LogP contribution in [0, 0.1) is 17.2 Å². The van der Waals surface area contributed by atoms with E-state index < -0.39 is 0 Å². The van der Waals surface area contributed by atoms with Crippen LogP contribution >= 0.6 is 0 Å². The predicted molar refractivity (Wildman–Crippen MR) is 44.7 cm³/mol. The minimum absolute atomic E-state index is 0.0277. The van der Waals surface area contributed by atoms with E-state index in [1.54, 1.807) is 0 Å². The third-order valence-electron chi connectivity index (χ3n) is 2.06. The van der Waals surface area contributed by atoms with Gasteiger partial charge in [-0.15, -0.1) is 0 Å². The number of rotatable bonds is 0. The SMILES string of the molecule is N#C[C@H]1COc2ccccc2C1. The monoisotopic (exact) mass is 159 g/mol. The Labute approximate surface area is 71.4 Å². The van der Waals surface area contributed by atoms with Crippen LogP contribution in [-0.4, -0.2) is 6.61 Å². The van der Waals surface area contributed by atoms with Crippen molar-refractivity contribution in [3.8, 4) is 11.8 Å². The first kappa shape index (κ1) is 7.17. The van der Waals surface area contributed by atoms with E-state index in [9.17, 15) is 0 Å². The zero-order valence-corrected chi connectivity index (χ0v) is 6.66. The molecule has 2 heteroatoms. The lowest BCUT2D eigenvalue weighted by Crippen LogP contribution is -2.18. The van der Waals surface area contributed by atoms with E-state index in [0.29, 0.717) is 6.61 Å². The van der Waals surface area contributed by atoms with Crippen molar-refractivity contribution in [3.05, 3.63) is 29.8 Å². The number of ether oxygens (including phenoxy) is 1. The van der Waals surface area contributed by atoms with Crippen molar-refractivity contribution in [1.29, 1.82) is 5.26 Å². The van der Waals surface area contributed by atoms with Crippen LogP contribution in [0.3, 0.4) is 0 Å². The van der Waals surface area contributed by atoms with Crippen LogP contribution in [0.4, 0.5) is 0 Å². The molecule has 0 aliphatic carbocycles. The number of benzene rings is 1. The van der Waals surface area contributed by atoms with Crippen molar-refractivity contribution in [2.45, 2.75) is 6.42 Å². The van der Waals surface area contributed by atoms with Gasteiger partial charge in [-0.1, -0.05) is 18.2 Å².